The first-order valence-electron chi connectivity index (χ1n) is 6.84. The SMILES string of the molecule is CCc1ccc(C(=O)NCCc2ccc(O)cc2)cc1. The van der Waals surface area contributed by atoms with Crippen molar-refractivity contribution in [3.05, 3.63) is 65.2 Å². The first-order valence-corrected chi connectivity index (χ1v) is 6.84. The van der Waals surface area contributed by atoms with E-state index in [1.165, 1.54) is 5.56 Å². The van der Waals surface area contributed by atoms with Gasteiger partial charge < -0.3 is 10.4 Å². The molecular weight excluding hydrogens is 250 g/mol. The summed E-state index contributed by atoms with van der Waals surface area (Å²) in [6.45, 7) is 2.67. The topological polar surface area (TPSA) is 49.3 Å². The van der Waals surface area contributed by atoms with Gasteiger partial charge >= 0.3 is 0 Å². The molecule has 0 aliphatic carbocycles. The lowest BCUT2D eigenvalue weighted by atomic mass is 10.1. The second-order valence-corrected chi connectivity index (χ2v) is 4.72. The van der Waals surface area contributed by atoms with E-state index in [0.717, 1.165) is 18.4 Å². The summed E-state index contributed by atoms with van der Waals surface area (Å²) in [5.41, 5.74) is 3.00. The molecule has 0 bridgehead atoms. The number of carbonyl (C=O) groups is 1. The fourth-order valence-electron chi connectivity index (χ4n) is 1.98. The zero-order chi connectivity index (χ0) is 14.4. The van der Waals surface area contributed by atoms with Crippen molar-refractivity contribution in [3.8, 4) is 5.75 Å². The Kier molecular flexibility index (Phi) is 4.77. The highest BCUT2D eigenvalue weighted by Crippen LogP contribution is 2.10. The molecule has 0 fully saturated rings. The van der Waals surface area contributed by atoms with Crippen LogP contribution in [0.1, 0.15) is 28.4 Å². The van der Waals surface area contributed by atoms with Crippen molar-refractivity contribution in [1.82, 2.24) is 5.32 Å². The van der Waals surface area contributed by atoms with E-state index in [1.807, 2.05) is 36.4 Å². The Morgan fingerprint density at radius 3 is 2.20 bits per heavy atom. The average Bonchev–Trinajstić information content (AvgIpc) is 2.49. The predicted octanol–water partition coefficient (Wildman–Crippen LogP) is 2.93. The van der Waals surface area contributed by atoms with E-state index in [0.29, 0.717) is 12.1 Å². The maximum absolute atomic E-state index is 11.9. The van der Waals surface area contributed by atoms with Gasteiger partial charge in [0, 0.05) is 12.1 Å². The minimum atomic E-state index is -0.0496. The number of hydrogen-bond acceptors (Lipinski definition) is 2. The molecule has 20 heavy (non-hydrogen) atoms. The number of aryl methyl sites for hydroxylation is 1. The van der Waals surface area contributed by atoms with Crippen LogP contribution in [0.15, 0.2) is 48.5 Å². The van der Waals surface area contributed by atoms with Crippen molar-refractivity contribution < 1.29 is 9.90 Å². The molecule has 0 spiro atoms. The minimum Gasteiger partial charge on any atom is -0.508 e. The first kappa shape index (κ1) is 14.1. The molecular formula is C17H19NO2. The Labute approximate surface area is 119 Å². The Balaban J connectivity index is 1.83. The molecule has 1 amide bonds. The van der Waals surface area contributed by atoms with Crippen molar-refractivity contribution in [2.24, 2.45) is 0 Å². The molecule has 2 N–H and O–H groups in total. The van der Waals surface area contributed by atoms with Gasteiger partial charge in [0.1, 0.15) is 5.75 Å². The molecule has 0 saturated carbocycles. The van der Waals surface area contributed by atoms with E-state index in [9.17, 15) is 9.90 Å². The first-order chi connectivity index (χ1) is 9.69. The smallest absolute Gasteiger partial charge is 0.251 e. The summed E-state index contributed by atoms with van der Waals surface area (Å²) < 4.78 is 0. The van der Waals surface area contributed by atoms with Gasteiger partial charge in [-0.3, -0.25) is 4.79 Å². The second-order valence-electron chi connectivity index (χ2n) is 4.72. The van der Waals surface area contributed by atoms with Crippen molar-refractivity contribution in [2.45, 2.75) is 19.8 Å². The van der Waals surface area contributed by atoms with Gasteiger partial charge in [-0.15, -0.1) is 0 Å². The van der Waals surface area contributed by atoms with Crippen molar-refractivity contribution in [2.75, 3.05) is 6.54 Å². The number of hydrogen-bond donors (Lipinski definition) is 2. The minimum absolute atomic E-state index is 0.0496. The van der Waals surface area contributed by atoms with E-state index in [4.69, 9.17) is 0 Å². The zero-order valence-corrected chi connectivity index (χ0v) is 11.6. The molecule has 104 valence electrons. The van der Waals surface area contributed by atoms with Crippen LogP contribution in [-0.4, -0.2) is 17.6 Å². The Morgan fingerprint density at radius 1 is 1.00 bits per heavy atom. The van der Waals surface area contributed by atoms with Crippen LogP contribution in [0.2, 0.25) is 0 Å². The normalized spacial score (nSPS) is 10.2. The fraction of sp³-hybridized carbons (Fsp3) is 0.235. The van der Waals surface area contributed by atoms with Crippen LogP contribution in [-0.2, 0) is 12.8 Å². The van der Waals surface area contributed by atoms with E-state index in [2.05, 4.69) is 12.2 Å². The number of amides is 1. The molecule has 3 nitrogen and oxygen atoms in total. The molecule has 3 heteroatoms. The summed E-state index contributed by atoms with van der Waals surface area (Å²) in [6, 6.07) is 14.7. The summed E-state index contributed by atoms with van der Waals surface area (Å²) in [5.74, 6) is 0.209. The van der Waals surface area contributed by atoms with E-state index >= 15 is 0 Å². The molecule has 2 aromatic carbocycles. The number of carbonyl (C=O) groups excluding carboxylic acids is 1. The van der Waals surface area contributed by atoms with Gasteiger partial charge in [-0.05, 0) is 48.2 Å². The maximum Gasteiger partial charge on any atom is 0.251 e. The lowest BCUT2D eigenvalue weighted by Crippen LogP contribution is -2.25. The summed E-state index contributed by atoms with van der Waals surface area (Å²) in [4.78, 5) is 11.9. The second kappa shape index (κ2) is 6.75. The number of aromatic hydroxyl groups is 1. The van der Waals surface area contributed by atoms with Crippen molar-refractivity contribution in [1.29, 1.82) is 0 Å². The molecule has 0 heterocycles. The van der Waals surface area contributed by atoms with Gasteiger partial charge in [-0.1, -0.05) is 31.2 Å². The fourth-order valence-corrected chi connectivity index (χ4v) is 1.98. The van der Waals surface area contributed by atoms with Crippen LogP contribution in [0.3, 0.4) is 0 Å². The Morgan fingerprint density at radius 2 is 1.60 bits per heavy atom. The molecule has 2 aromatic rings. The van der Waals surface area contributed by atoms with E-state index < -0.39 is 0 Å². The average molecular weight is 269 g/mol. The summed E-state index contributed by atoms with van der Waals surface area (Å²) in [5, 5.41) is 12.1. The number of benzene rings is 2. The van der Waals surface area contributed by atoms with Crippen molar-refractivity contribution >= 4 is 5.91 Å². The van der Waals surface area contributed by atoms with Gasteiger partial charge in [0.15, 0.2) is 0 Å². The Hall–Kier alpha value is -2.29. The summed E-state index contributed by atoms with van der Waals surface area (Å²) in [7, 11) is 0. The van der Waals surface area contributed by atoms with Crippen LogP contribution in [0, 0.1) is 0 Å². The van der Waals surface area contributed by atoms with E-state index in [-0.39, 0.29) is 11.7 Å². The predicted molar refractivity (Wildman–Crippen MR) is 80.0 cm³/mol. The third-order valence-corrected chi connectivity index (χ3v) is 3.26. The summed E-state index contributed by atoms with van der Waals surface area (Å²) >= 11 is 0. The number of rotatable bonds is 5. The monoisotopic (exact) mass is 269 g/mol. The maximum atomic E-state index is 11.9. The third-order valence-electron chi connectivity index (χ3n) is 3.26. The largest absolute Gasteiger partial charge is 0.508 e. The molecule has 0 radical (unpaired) electrons. The van der Waals surface area contributed by atoms with Crippen LogP contribution in [0.25, 0.3) is 0 Å². The van der Waals surface area contributed by atoms with Crippen LogP contribution in [0.5, 0.6) is 5.75 Å². The molecule has 2 rings (SSSR count). The zero-order valence-electron chi connectivity index (χ0n) is 11.6. The summed E-state index contributed by atoms with van der Waals surface area (Å²) in [6.07, 6.45) is 1.72. The highest BCUT2D eigenvalue weighted by molar-refractivity contribution is 5.94. The quantitative estimate of drug-likeness (QED) is 0.876. The molecule has 0 aliphatic heterocycles. The van der Waals surface area contributed by atoms with Crippen molar-refractivity contribution in [3.63, 3.8) is 0 Å². The van der Waals surface area contributed by atoms with Gasteiger partial charge in [0.05, 0.1) is 0 Å². The number of nitrogens with one attached hydrogen (secondary N) is 1. The molecule has 0 saturated heterocycles. The van der Waals surface area contributed by atoms with Crippen LogP contribution in [0.4, 0.5) is 0 Å². The molecule has 0 atom stereocenters. The number of phenolic OH excluding ortho intramolecular Hbond substituents is 1. The van der Waals surface area contributed by atoms with Gasteiger partial charge in [-0.2, -0.15) is 0 Å². The Bertz CT molecular complexity index is 559. The van der Waals surface area contributed by atoms with Gasteiger partial charge in [0.25, 0.3) is 5.91 Å². The lowest BCUT2D eigenvalue weighted by Gasteiger charge is -2.06. The van der Waals surface area contributed by atoms with Crippen LogP contribution < -0.4 is 5.32 Å². The molecule has 0 aromatic heterocycles. The standard InChI is InChI=1S/C17H19NO2/c1-2-13-3-7-15(8-4-13)17(20)18-12-11-14-5-9-16(19)10-6-14/h3-10,19H,2,11-12H2,1H3,(H,18,20). The van der Waals surface area contributed by atoms with Gasteiger partial charge in [-0.25, -0.2) is 0 Å². The van der Waals surface area contributed by atoms with Crippen LogP contribution >= 0.6 is 0 Å². The molecule has 0 unspecified atom stereocenters. The molecule has 0 aliphatic rings. The van der Waals surface area contributed by atoms with E-state index in [1.54, 1.807) is 12.1 Å². The highest BCUT2D eigenvalue weighted by Gasteiger charge is 2.04. The lowest BCUT2D eigenvalue weighted by molar-refractivity contribution is 0.0954. The number of phenols is 1. The van der Waals surface area contributed by atoms with Gasteiger partial charge in [0.2, 0.25) is 0 Å². The highest BCUT2D eigenvalue weighted by atomic mass is 16.3. The third kappa shape index (κ3) is 3.85.